The van der Waals surface area contributed by atoms with Crippen LogP contribution in [0.5, 0.6) is 0 Å². The van der Waals surface area contributed by atoms with Crippen molar-refractivity contribution in [3.8, 4) is 0 Å². The molecule has 2 aromatic heterocycles. The van der Waals surface area contributed by atoms with E-state index >= 15 is 0 Å². The fourth-order valence-electron chi connectivity index (χ4n) is 5.79. The molecule has 2 aromatic rings. The molecule has 9 heteroatoms. The van der Waals surface area contributed by atoms with Gasteiger partial charge >= 0.3 is 5.97 Å². The highest BCUT2D eigenvalue weighted by molar-refractivity contribution is 5.85. The average Bonchev–Trinajstić information content (AvgIpc) is 3.60. The molecule has 0 bridgehead atoms. The molecule has 198 valence electrons. The Labute approximate surface area is 218 Å². The third kappa shape index (κ3) is 6.57. The van der Waals surface area contributed by atoms with Gasteiger partial charge in [0, 0.05) is 44.6 Å². The van der Waals surface area contributed by atoms with Crippen molar-refractivity contribution in [3.63, 3.8) is 0 Å². The lowest BCUT2D eigenvalue weighted by Crippen LogP contribution is -2.45. The van der Waals surface area contributed by atoms with E-state index in [2.05, 4.69) is 37.6 Å². The number of carbonyl (C=O) groups excluding carboxylic acids is 1. The summed E-state index contributed by atoms with van der Waals surface area (Å²) in [5.74, 6) is 1.16. The number of carbonyl (C=O) groups is 2. The van der Waals surface area contributed by atoms with Gasteiger partial charge in [-0.3, -0.25) is 4.79 Å². The number of aryl methyl sites for hydroxylation is 2. The first kappa shape index (κ1) is 25.4. The quantitative estimate of drug-likeness (QED) is 0.451. The SMILES string of the molecule is O=C(N[C@@H](CCN1CC[C@@H](CCc2ccc3c(n2)NCCC3)C1)C(=O)O)[C@@H]1CCN(c2ccccn2)C1. The first-order valence-electron chi connectivity index (χ1n) is 13.7. The van der Waals surface area contributed by atoms with Gasteiger partial charge in [0.15, 0.2) is 0 Å². The van der Waals surface area contributed by atoms with Crippen LogP contribution >= 0.6 is 0 Å². The topological polar surface area (TPSA) is 111 Å². The van der Waals surface area contributed by atoms with Crippen molar-refractivity contribution < 1.29 is 14.7 Å². The van der Waals surface area contributed by atoms with Crippen LogP contribution in [0.15, 0.2) is 36.5 Å². The van der Waals surface area contributed by atoms with E-state index in [1.54, 1.807) is 6.20 Å². The molecule has 1 amide bonds. The summed E-state index contributed by atoms with van der Waals surface area (Å²) in [6.07, 6.45) is 8.33. The Morgan fingerprint density at radius 2 is 2.08 bits per heavy atom. The van der Waals surface area contributed by atoms with E-state index < -0.39 is 12.0 Å². The molecule has 0 unspecified atom stereocenters. The van der Waals surface area contributed by atoms with Gasteiger partial charge in [0.1, 0.15) is 17.7 Å². The van der Waals surface area contributed by atoms with Gasteiger partial charge in [-0.2, -0.15) is 0 Å². The molecule has 0 spiro atoms. The molecule has 9 nitrogen and oxygen atoms in total. The maximum absolute atomic E-state index is 12.8. The number of carboxylic acid groups (broad SMARTS) is 1. The smallest absolute Gasteiger partial charge is 0.326 e. The number of aromatic nitrogens is 2. The summed E-state index contributed by atoms with van der Waals surface area (Å²) in [4.78, 5) is 38.4. The number of pyridine rings is 2. The Morgan fingerprint density at radius 1 is 1.16 bits per heavy atom. The van der Waals surface area contributed by atoms with Crippen LogP contribution in [0.1, 0.15) is 43.4 Å². The van der Waals surface area contributed by atoms with E-state index in [-0.39, 0.29) is 11.8 Å². The van der Waals surface area contributed by atoms with Crippen LogP contribution in [-0.4, -0.2) is 77.2 Å². The Balaban J connectivity index is 1.04. The van der Waals surface area contributed by atoms with Crippen molar-refractivity contribution in [1.82, 2.24) is 20.2 Å². The van der Waals surface area contributed by atoms with Crippen LogP contribution < -0.4 is 15.5 Å². The second kappa shape index (κ2) is 11.9. The first-order chi connectivity index (χ1) is 18.0. The van der Waals surface area contributed by atoms with Crippen molar-refractivity contribution in [1.29, 1.82) is 0 Å². The van der Waals surface area contributed by atoms with Crippen LogP contribution in [0.3, 0.4) is 0 Å². The minimum atomic E-state index is -0.962. The fraction of sp³-hybridized carbons (Fsp3) is 0.571. The summed E-state index contributed by atoms with van der Waals surface area (Å²) in [7, 11) is 0. The van der Waals surface area contributed by atoms with Crippen LogP contribution in [-0.2, 0) is 22.4 Å². The molecule has 3 N–H and O–H groups in total. The van der Waals surface area contributed by atoms with Gasteiger partial charge in [0.05, 0.1) is 5.92 Å². The number of hydrogen-bond acceptors (Lipinski definition) is 7. The second-order valence-corrected chi connectivity index (χ2v) is 10.6. The summed E-state index contributed by atoms with van der Waals surface area (Å²) in [5.41, 5.74) is 2.47. The lowest BCUT2D eigenvalue weighted by Gasteiger charge is -2.22. The zero-order valence-corrected chi connectivity index (χ0v) is 21.4. The zero-order chi connectivity index (χ0) is 25.6. The maximum atomic E-state index is 12.8. The lowest BCUT2D eigenvalue weighted by molar-refractivity contribution is -0.142. The Morgan fingerprint density at radius 3 is 2.92 bits per heavy atom. The van der Waals surface area contributed by atoms with Gasteiger partial charge in [0.25, 0.3) is 0 Å². The molecule has 0 radical (unpaired) electrons. The van der Waals surface area contributed by atoms with Crippen LogP contribution in [0.2, 0.25) is 0 Å². The van der Waals surface area contributed by atoms with Crippen LogP contribution in [0.4, 0.5) is 11.6 Å². The largest absolute Gasteiger partial charge is 0.480 e. The molecule has 2 fully saturated rings. The number of aliphatic carboxylic acids is 1. The van der Waals surface area contributed by atoms with Crippen molar-refractivity contribution >= 4 is 23.5 Å². The number of nitrogens with one attached hydrogen (secondary N) is 2. The van der Waals surface area contributed by atoms with Gasteiger partial charge in [-0.25, -0.2) is 14.8 Å². The predicted octanol–water partition coefficient (Wildman–Crippen LogP) is 2.58. The van der Waals surface area contributed by atoms with Gasteiger partial charge in [-0.15, -0.1) is 0 Å². The number of carboxylic acids is 1. The van der Waals surface area contributed by atoms with E-state index in [9.17, 15) is 14.7 Å². The zero-order valence-electron chi connectivity index (χ0n) is 21.4. The lowest BCUT2D eigenvalue weighted by atomic mass is 10.00. The van der Waals surface area contributed by atoms with Crippen molar-refractivity contribution in [2.24, 2.45) is 11.8 Å². The highest BCUT2D eigenvalue weighted by Gasteiger charge is 2.32. The van der Waals surface area contributed by atoms with Crippen molar-refractivity contribution in [2.75, 3.05) is 49.5 Å². The minimum absolute atomic E-state index is 0.169. The normalized spacial score (nSPS) is 22.3. The molecular weight excluding hydrogens is 468 g/mol. The molecule has 5 heterocycles. The number of rotatable bonds is 10. The molecule has 0 saturated carbocycles. The molecule has 0 aliphatic carbocycles. The second-order valence-electron chi connectivity index (χ2n) is 10.6. The molecular formula is C28H38N6O3. The van der Waals surface area contributed by atoms with E-state index in [1.807, 2.05) is 18.2 Å². The number of nitrogens with zero attached hydrogens (tertiary/aromatic N) is 4. The Bertz CT molecular complexity index is 1080. The number of hydrogen-bond donors (Lipinski definition) is 3. The van der Waals surface area contributed by atoms with Gasteiger partial charge in [-0.05, 0) is 81.2 Å². The Kier molecular flexibility index (Phi) is 8.18. The highest BCUT2D eigenvalue weighted by atomic mass is 16.4. The average molecular weight is 507 g/mol. The van der Waals surface area contributed by atoms with Crippen molar-refractivity contribution in [3.05, 3.63) is 47.8 Å². The van der Waals surface area contributed by atoms with Gasteiger partial charge in [0.2, 0.25) is 5.91 Å². The van der Waals surface area contributed by atoms with Crippen molar-refractivity contribution in [2.45, 2.75) is 51.0 Å². The van der Waals surface area contributed by atoms with Gasteiger partial charge in [-0.1, -0.05) is 12.1 Å². The third-order valence-electron chi connectivity index (χ3n) is 8.01. The number of likely N-dealkylation sites (tertiary alicyclic amines) is 1. The molecule has 3 atom stereocenters. The monoisotopic (exact) mass is 506 g/mol. The third-order valence-corrected chi connectivity index (χ3v) is 8.01. The predicted molar refractivity (Wildman–Crippen MR) is 143 cm³/mol. The fourth-order valence-corrected chi connectivity index (χ4v) is 5.79. The molecule has 5 rings (SSSR count). The molecule has 37 heavy (non-hydrogen) atoms. The molecule has 3 aliphatic heterocycles. The number of amides is 1. The highest BCUT2D eigenvalue weighted by Crippen LogP contribution is 2.25. The van der Waals surface area contributed by atoms with E-state index in [0.29, 0.717) is 31.8 Å². The van der Waals surface area contributed by atoms with Crippen LogP contribution in [0.25, 0.3) is 0 Å². The number of fused-ring (bicyclic) bond motifs is 1. The standard InChI is InChI=1S/C28H38N6O3/c35-27(22-11-17-34(19-22)25-5-1-2-13-29-25)32-24(28(36)37)12-16-33-15-10-20(18-33)6-8-23-9-7-21-4-3-14-30-26(21)31-23/h1-2,5,7,9,13,20,22,24H,3-4,6,8,10-12,14-19H2,(H,30,31)(H,32,35)(H,36,37)/t20-,22-,24+/m1/s1. The number of anilines is 2. The summed E-state index contributed by atoms with van der Waals surface area (Å²) in [6.45, 7) is 4.96. The summed E-state index contributed by atoms with van der Waals surface area (Å²) in [5, 5.41) is 16.0. The van der Waals surface area contributed by atoms with E-state index in [4.69, 9.17) is 4.98 Å². The summed E-state index contributed by atoms with van der Waals surface area (Å²) in [6, 6.07) is 9.26. The van der Waals surface area contributed by atoms with E-state index in [0.717, 1.165) is 69.2 Å². The minimum Gasteiger partial charge on any atom is -0.480 e. The summed E-state index contributed by atoms with van der Waals surface area (Å²) >= 11 is 0. The molecule has 0 aromatic carbocycles. The molecule has 3 aliphatic rings. The molecule has 2 saturated heterocycles. The summed E-state index contributed by atoms with van der Waals surface area (Å²) < 4.78 is 0. The Hall–Kier alpha value is -3.20. The first-order valence-corrected chi connectivity index (χ1v) is 13.7. The van der Waals surface area contributed by atoms with Crippen LogP contribution in [0, 0.1) is 11.8 Å². The van der Waals surface area contributed by atoms with Gasteiger partial charge < -0.3 is 25.5 Å². The maximum Gasteiger partial charge on any atom is 0.326 e. The van der Waals surface area contributed by atoms with E-state index in [1.165, 1.54) is 12.0 Å².